The van der Waals surface area contributed by atoms with Crippen molar-refractivity contribution in [2.45, 2.75) is 0 Å². The minimum absolute atomic E-state index is 0.0452. The monoisotopic (exact) mass is 293 g/mol. The van der Waals surface area contributed by atoms with Crippen LogP contribution >= 0.6 is 11.6 Å². The molecule has 2 aromatic rings. The van der Waals surface area contributed by atoms with Gasteiger partial charge in [0.25, 0.3) is 11.5 Å². The smallest absolute Gasteiger partial charge is 0.273 e. The predicted molar refractivity (Wildman–Crippen MR) is 69.5 cm³/mol. The highest BCUT2D eigenvalue weighted by Gasteiger charge is 2.38. The summed E-state index contributed by atoms with van der Waals surface area (Å²) in [6.45, 7) is 0. The van der Waals surface area contributed by atoms with Crippen molar-refractivity contribution in [1.29, 1.82) is 0 Å². The second-order valence-corrected chi connectivity index (χ2v) is 4.67. The van der Waals surface area contributed by atoms with Gasteiger partial charge in [-0.25, -0.2) is 8.78 Å². The van der Waals surface area contributed by atoms with Crippen LogP contribution in [0.4, 0.5) is 14.5 Å². The van der Waals surface area contributed by atoms with Crippen molar-refractivity contribution in [2.75, 3.05) is 0 Å². The zero-order chi connectivity index (χ0) is 14.4. The first kappa shape index (κ1) is 12.7. The summed E-state index contributed by atoms with van der Waals surface area (Å²) < 4.78 is 26.8. The van der Waals surface area contributed by atoms with Gasteiger partial charge in [-0.1, -0.05) is 17.7 Å². The topological polar surface area (TPSA) is 43.1 Å². The van der Waals surface area contributed by atoms with Crippen molar-refractivity contribution in [3.8, 4) is 0 Å². The Morgan fingerprint density at radius 2 is 1.75 bits per heavy atom. The fourth-order valence-corrected chi connectivity index (χ4v) is 2.43. The van der Waals surface area contributed by atoms with Gasteiger partial charge in [-0.3, -0.25) is 4.79 Å². The van der Waals surface area contributed by atoms with Gasteiger partial charge in [-0.2, -0.15) is 4.74 Å². The second kappa shape index (κ2) is 4.38. The molecule has 6 heteroatoms. The van der Waals surface area contributed by atoms with E-state index in [4.69, 9.17) is 11.6 Å². The number of nitrogens with zero attached hydrogens (tertiary/aromatic N) is 1. The number of benzene rings is 2. The molecule has 100 valence electrons. The molecule has 1 aliphatic heterocycles. The van der Waals surface area contributed by atoms with Gasteiger partial charge >= 0.3 is 0 Å². The SMILES string of the molecule is O=C1C(c2cc(F)cc(F)c2)=[N+]([O-])c2cccc(Cl)c21. The van der Waals surface area contributed by atoms with Gasteiger partial charge in [0.15, 0.2) is 0 Å². The Hall–Kier alpha value is -2.27. The lowest BCUT2D eigenvalue weighted by molar-refractivity contribution is -0.355. The van der Waals surface area contributed by atoms with E-state index in [0.717, 1.165) is 12.1 Å². The molecule has 0 radical (unpaired) electrons. The number of fused-ring (bicyclic) bond motifs is 1. The van der Waals surface area contributed by atoms with Gasteiger partial charge in [0.05, 0.1) is 10.6 Å². The normalized spacial score (nSPS) is 13.8. The van der Waals surface area contributed by atoms with Crippen LogP contribution in [0.3, 0.4) is 0 Å². The lowest BCUT2D eigenvalue weighted by atomic mass is 10.0. The van der Waals surface area contributed by atoms with Crippen molar-refractivity contribution in [1.82, 2.24) is 0 Å². The summed E-state index contributed by atoms with van der Waals surface area (Å²) in [5.41, 5.74) is -0.340. The molecular formula is C14H6ClF2NO2. The fraction of sp³-hybridized carbons (Fsp3) is 0. The van der Waals surface area contributed by atoms with Crippen LogP contribution in [0.1, 0.15) is 15.9 Å². The second-order valence-electron chi connectivity index (χ2n) is 4.26. The van der Waals surface area contributed by atoms with Gasteiger partial charge < -0.3 is 5.21 Å². The van der Waals surface area contributed by atoms with E-state index in [-0.39, 0.29) is 27.5 Å². The number of rotatable bonds is 1. The van der Waals surface area contributed by atoms with E-state index in [1.165, 1.54) is 18.2 Å². The van der Waals surface area contributed by atoms with Crippen molar-refractivity contribution >= 4 is 28.8 Å². The molecule has 2 aromatic carbocycles. The summed E-state index contributed by atoms with van der Waals surface area (Å²) in [7, 11) is 0. The van der Waals surface area contributed by atoms with Crippen LogP contribution in [-0.2, 0) is 0 Å². The number of hydrogen-bond acceptors (Lipinski definition) is 2. The molecule has 20 heavy (non-hydrogen) atoms. The molecule has 0 saturated heterocycles. The molecule has 3 nitrogen and oxygen atoms in total. The molecule has 0 fully saturated rings. The third kappa shape index (κ3) is 1.78. The molecule has 0 N–H and O–H groups in total. The number of hydrogen-bond donors (Lipinski definition) is 0. The number of Topliss-reactive ketones (excluding diaryl/α,β-unsaturated/α-hetero) is 1. The Bertz CT molecular complexity index is 766. The number of carbonyl (C=O) groups excluding carboxylic acids is 1. The summed E-state index contributed by atoms with van der Waals surface area (Å²) in [6, 6.07) is 6.95. The van der Waals surface area contributed by atoms with Crippen molar-refractivity contribution in [3.05, 3.63) is 69.4 Å². The molecule has 0 unspecified atom stereocenters. The Kier molecular flexibility index (Phi) is 2.79. The first-order chi connectivity index (χ1) is 9.49. The van der Waals surface area contributed by atoms with Crippen LogP contribution in [0, 0.1) is 16.8 Å². The third-order valence-corrected chi connectivity index (χ3v) is 3.31. The summed E-state index contributed by atoms with van der Waals surface area (Å²) in [5, 5.41) is 12.3. The molecule has 1 aliphatic rings. The maximum atomic E-state index is 13.2. The van der Waals surface area contributed by atoms with Crippen LogP contribution in [0.25, 0.3) is 0 Å². The van der Waals surface area contributed by atoms with Crippen molar-refractivity contribution in [3.63, 3.8) is 0 Å². The molecule has 0 bridgehead atoms. The van der Waals surface area contributed by atoms with E-state index in [9.17, 15) is 18.8 Å². The molecule has 0 amide bonds. The van der Waals surface area contributed by atoms with Gasteiger partial charge in [0, 0.05) is 12.1 Å². The lowest BCUT2D eigenvalue weighted by Crippen LogP contribution is -2.17. The van der Waals surface area contributed by atoms with E-state index >= 15 is 0 Å². The van der Waals surface area contributed by atoms with Crippen LogP contribution in [0.5, 0.6) is 0 Å². The lowest BCUT2D eigenvalue weighted by Gasteiger charge is -2.02. The average Bonchev–Trinajstić information content (AvgIpc) is 2.61. The maximum absolute atomic E-state index is 13.2. The van der Waals surface area contributed by atoms with Crippen molar-refractivity contribution in [2.24, 2.45) is 0 Å². The van der Waals surface area contributed by atoms with E-state index in [1.807, 2.05) is 0 Å². The van der Waals surface area contributed by atoms with Gasteiger partial charge in [-0.05, 0) is 18.2 Å². The zero-order valence-electron chi connectivity index (χ0n) is 9.86. The largest absolute Gasteiger partial charge is 0.618 e. The zero-order valence-corrected chi connectivity index (χ0v) is 10.6. The standard InChI is InChI=1S/C14H6ClF2NO2/c15-10-2-1-3-11-12(10)14(19)13(18(11)20)7-4-8(16)6-9(17)5-7/h1-6H. The molecular weight excluding hydrogens is 288 g/mol. The van der Waals surface area contributed by atoms with Crippen LogP contribution in [-0.4, -0.2) is 16.2 Å². The minimum Gasteiger partial charge on any atom is -0.618 e. The Morgan fingerprint density at radius 1 is 1.10 bits per heavy atom. The molecule has 0 aliphatic carbocycles. The number of halogens is 3. The summed E-state index contributed by atoms with van der Waals surface area (Å²) in [6.07, 6.45) is 0. The highest BCUT2D eigenvalue weighted by molar-refractivity contribution is 6.54. The van der Waals surface area contributed by atoms with Gasteiger partial charge in [-0.15, -0.1) is 0 Å². The average molecular weight is 294 g/mol. The minimum atomic E-state index is -0.865. The fourth-order valence-electron chi connectivity index (χ4n) is 2.18. The quantitative estimate of drug-likeness (QED) is 0.597. The molecule has 1 heterocycles. The first-order valence-corrected chi connectivity index (χ1v) is 6.00. The van der Waals surface area contributed by atoms with Crippen LogP contribution in [0.2, 0.25) is 5.02 Å². The summed E-state index contributed by atoms with van der Waals surface area (Å²) in [4.78, 5) is 12.2. The van der Waals surface area contributed by atoms with Gasteiger partial charge in [0.1, 0.15) is 17.2 Å². The Balaban J connectivity index is 2.24. The van der Waals surface area contributed by atoms with Gasteiger partial charge in [0.2, 0.25) is 5.69 Å². The molecule has 0 atom stereocenters. The Morgan fingerprint density at radius 3 is 2.35 bits per heavy atom. The van der Waals surface area contributed by atoms with E-state index < -0.39 is 17.4 Å². The highest BCUT2D eigenvalue weighted by Crippen LogP contribution is 2.33. The van der Waals surface area contributed by atoms with Crippen LogP contribution in [0.15, 0.2) is 36.4 Å². The highest BCUT2D eigenvalue weighted by atomic mass is 35.5. The first-order valence-electron chi connectivity index (χ1n) is 5.63. The summed E-state index contributed by atoms with van der Waals surface area (Å²) in [5.74, 6) is -2.38. The molecule has 0 aromatic heterocycles. The number of carbonyl (C=O) groups is 1. The summed E-state index contributed by atoms with van der Waals surface area (Å²) >= 11 is 5.90. The third-order valence-electron chi connectivity index (χ3n) is 2.99. The predicted octanol–water partition coefficient (Wildman–Crippen LogP) is 3.45. The van der Waals surface area contributed by atoms with E-state index in [2.05, 4.69) is 0 Å². The van der Waals surface area contributed by atoms with E-state index in [0.29, 0.717) is 10.8 Å². The maximum Gasteiger partial charge on any atom is 0.273 e. The van der Waals surface area contributed by atoms with Crippen LogP contribution < -0.4 is 0 Å². The molecule has 0 spiro atoms. The Labute approximate surface area is 117 Å². The van der Waals surface area contributed by atoms with Crippen molar-refractivity contribution < 1.29 is 18.3 Å². The van der Waals surface area contributed by atoms with E-state index in [1.54, 1.807) is 0 Å². The number of ketones is 1. The molecule has 0 saturated carbocycles. The molecule has 3 rings (SSSR count).